The minimum absolute atomic E-state index is 0.257. The largest absolute Gasteiger partial charge is 0.383 e. The highest BCUT2D eigenvalue weighted by Gasteiger charge is 2.24. The zero-order valence-electron chi connectivity index (χ0n) is 10.7. The Morgan fingerprint density at radius 2 is 2.06 bits per heavy atom. The summed E-state index contributed by atoms with van der Waals surface area (Å²) in [5.74, 6) is 1.08. The fraction of sp³-hybridized carbons (Fsp3) is 0.533. The molecule has 1 saturated carbocycles. The first kappa shape index (κ1) is 11.6. The van der Waals surface area contributed by atoms with Crippen LogP contribution in [0.1, 0.15) is 32.1 Å². The van der Waals surface area contributed by atoms with Crippen molar-refractivity contribution >= 4 is 17.3 Å². The minimum atomic E-state index is 0.257. The van der Waals surface area contributed by atoms with E-state index in [9.17, 15) is 4.79 Å². The highest BCUT2D eigenvalue weighted by molar-refractivity contribution is 5.98. The molecule has 0 aromatic heterocycles. The zero-order chi connectivity index (χ0) is 12.4. The molecule has 1 aliphatic carbocycles. The molecule has 2 aliphatic rings. The summed E-state index contributed by atoms with van der Waals surface area (Å²) >= 11 is 0. The van der Waals surface area contributed by atoms with E-state index in [-0.39, 0.29) is 5.91 Å². The van der Waals surface area contributed by atoms with Crippen LogP contribution in [-0.2, 0) is 4.79 Å². The van der Waals surface area contributed by atoms with Gasteiger partial charge in [-0.25, -0.2) is 0 Å². The number of anilines is 2. The second-order valence-corrected chi connectivity index (χ2v) is 5.34. The Morgan fingerprint density at radius 1 is 1.22 bits per heavy atom. The number of nitrogens with one attached hydrogen (secondary N) is 1. The lowest BCUT2D eigenvalue weighted by molar-refractivity contribution is -0.117. The van der Waals surface area contributed by atoms with Crippen LogP contribution in [0.4, 0.5) is 11.4 Å². The Bertz CT molecular complexity index is 440. The number of amides is 1. The molecule has 1 aromatic rings. The number of benzene rings is 1. The molecule has 1 heterocycles. The van der Waals surface area contributed by atoms with Gasteiger partial charge in [-0.2, -0.15) is 0 Å². The number of nitrogens with zero attached hydrogens (tertiary/aromatic N) is 1. The maximum Gasteiger partial charge on any atom is 0.227 e. The third kappa shape index (κ3) is 2.22. The average molecular weight is 244 g/mol. The van der Waals surface area contributed by atoms with Gasteiger partial charge >= 0.3 is 0 Å². The molecule has 2 fully saturated rings. The number of para-hydroxylation sites is 2. The molecule has 0 atom stereocenters. The summed E-state index contributed by atoms with van der Waals surface area (Å²) in [4.78, 5) is 13.8. The van der Waals surface area contributed by atoms with Gasteiger partial charge in [0.1, 0.15) is 0 Å². The van der Waals surface area contributed by atoms with Crippen LogP contribution in [-0.4, -0.2) is 19.0 Å². The van der Waals surface area contributed by atoms with Crippen molar-refractivity contribution in [2.24, 2.45) is 5.92 Å². The molecule has 3 heteroatoms. The first-order valence-corrected chi connectivity index (χ1v) is 6.98. The topological polar surface area (TPSA) is 32.3 Å². The Balaban J connectivity index is 1.73. The molecule has 3 nitrogen and oxygen atoms in total. The predicted molar refractivity (Wildman–Crippen MR) is 73.9 cm³/mol. The Morgan fingerprint density at radius 3 is 2.72 bits per heavy atom. The molecule has 96 valence electrons. The summed E-state index contributed by atoms with van der Waals surface area (Å²) < 4.78 is 0. The summed E-state index contributed by atoms with van der Waals surface area (Å²) in [5, 5.41) is 3.52. The van der Waals surface area contributed by atoms with Crippen molar-refractivity contribution in [3.8, 4) is 0 Å². The molecule has 3 rings (SSSR count). The molecule has 1 saturated heterocycles. The van der Waals surface area contributed by atoms with E-state index in [0.717, 1.165) is 36.8 Å². The van der Waals surface area contributed by atoms with E-state index in [1.165, 1.54) is 19.3 Å². The van der Waals surface area contributed by atoms with Crippen molar-refractivity contribution in [3.05, 3.63) is 24.3 Å². The van der Waals surface area contributed by atoms with Gasteiger partial charge in [-0.3, -0.25) is 4.79 Å². The molecule has 1 N–H and O–H groups in total. The SMILES string of the molecule is O=C1CCCN1c1ccccc1NCC1CCC1. The van der Waals surface area contributed by atoms with Gasteiger partial charge in [0.25, 0.3) is 0 Å². The Labute approximate surface area is 108 Å². The Kier molecular flexibility index (Phi) is 3.22. The lowest BCUT2D eigenvalue weighted by Gasteiger charge is -2.27. The fourth-order valence-corrected chi connectivity index (χ4v) is 2.71. The van der Waals surface area contributed by atoms with Crippen LogP contribution < -0.4 is 10.2 Å². The molecule has 0 radical (unpaired) electrons. The smallest absolute Gasteiger partial charge is 0.227 e. The van der Waals surface area contributed by atoms with Gasteiger partial charge in [-0.1, -0.05) is 18.6 Å². The van der Waals surface area contributed by atoms with E-state index in [1.807, 2.05) is 23.1 Å². The molecule has 18 heavy (non-hydrogen) atoms. The first-order valence-electron chi connectivity index (χ1n) is 6.98. The van der Waals surface area contributed by atoms with E-state index in [1.54, 1.807) is 0 Å². The van der Waals surface area contributed by atoms with Crippen LogP contribution in [0.3, 0.4) is 0 Å². The maximum absolute atomic E-state index is 11.8. The van der Waals surface area contributed by atoms with Crippen LogP contribution in [0.25, 0.3) is 0 Å². The number of hydrogen-bond donors (Lipinski definition) is 1. The van der Waals surface area contributed by atoms with Crippen molar-refractivity contribution in [2.75, 3.05) is 23.3 Å². The minimum Gasteiger partial charge on any atom is -0.383 e. The van der Waals surface area contributed by atoms with Crippen molar-refractivity contribution in [3.63, 3.8) is 0 Å². The highest BCUT2D eigenvalue weighted by atomic mass is 16.2. The first-order chi connectivity index (χ1) is 8.84. The molecule has 1 amide bonds. The van der Waals surface area contributed by atoms with E-state index < -0.39 is 0 Å². The summed E-state index contributed by atoms with van der Waals surface area (Å²) in [7, 11) is 0. The molecule has 1 aromatic carbocycles. The molecular formula is C15H20N2O. The number of carbonyl (C=O) groups is 1. The highest BCUT2D eigenvalue weighted by Crippen LogP contribution is 2.31. The van der Waals surface area contributed by atoms with E-state index in [0.29, 0.717) is 6.42 Å². The Hall–Kier alpha value is -1.51. The van der Waals surface area contributed by atoms with Gasteiger partial charge in [-0.15, -0.1) is 0 Å². The van der Waals surface area contributed by atoms with E-state index in [2.05, 4.69) is 11.4 Å². The van der Waals surface area contributed by atoms with Crippen LogP contribution >= 0.6 is 0 Å². The van der Waals surface area contributed by atoms with Crippen LogP contribution in [0.5, 0.6) is 0 Å². The van der Waals surface area contributed by atoms with Crippen molar-refractivity contribution in [1.29, 1.82) is 0 Å². The normalized spacial score (nSPS) is 20.0. The summed E-state index contributed by atoms with van der Waals surface area (Å²) in [5.41, 5.74) is 2.17. The van der Waals surface area contributed by atoms with Crippen molar-refractivity contribution in [1.82, 2.24) is 0 Å². The predicted octanol–water partition coefficient (Wildman–Crippen LogP) is 3.03. The second kappa shape index (κ2) is 5.01. The van der Waals surface area contributed by atoms with Gasteiger partial charge in [0.15, 0.2) is 0 Å². The van der Waals surface area contributed by atoms with E-state index >= 15 is 0 Å². The third-order valence-corrected chi connectivity index (χ3v) is 4.07. The molecule has 0 unspecified atom stereocenters. The standard InChI is InChI=1S/C15H20N2O/c18-15-9-4-10-17(15)14-8-2-1-7-13(14)16-11-12-5-3-6-12/h1-2,7-8,12,16H,3-6,9-11H2. The van der Waals surface area contributed by atoms with Gasteiger partial charge in [0.05, 0.1) is 11.4 Å². The van der Waals surface area contributed by atoms with Crippen LogP contribution in [0, 0.1) is 5.92 Å². The number of rotatable bonds is 4. The average Bonchev–Trinajstić information content (AvgIpc) is 2.74. The third-order valence-electron chi connectivity index (χ3n) is 4.07. The maximum atomic E-state index is 11.8. The molecular weight excluding hydrogens is 224 g/mol. The number of carbonyl (C=O) groups excluding carboxylic acids is 1. The lowest BCUT2D eigenvalue weighted by atomic mass is 9.85. The fourth-order valence-electron chi connectivity index (χ4n) is 2.71. The summed E-state index contributed by atoms with van der Waals surface area (Å²) in [6.45, 7) is 1.90. The quantitative estimate of drug-likeness (QED) is 0.883. The van der Waals surface area contributed by atoms with Gasteiger partial charge in [-0.05, 0) is 37.3 Å². The second-order valence-electron chi connectivity index (χ2n) is 5.34. The monoisotopic (exact) mass is 244 g/mol. The van der Waals surface area contributed by atoms with E-state index in [4.69, 9.17) is 0 Å². The summed E-state index contributed by atoms with van der Waals surface area (Å²) in [6, 6.07) is 8.18. The molecule has 0 spiro atoms. The van der Waals surface area contributed by atoms with Crippen molar-refractivity contribution in [2.45, 2.75) is 32.1 Å². The molecule has 1 aliphatic heterocycles. The van der Waals surface area contributed by atoms with Crippen LogP contribution in [0.15, 0.2) is 24.3 Å². The van der Waals surface area contributed by atoms with Gasteiger partial charge < -0.3 is 10.2 Å². The number of hydrogen-bond acceptors (Lipinski definition) is 2. The van der Waals surface area contributed by atoms with Crippen molar-refractivity contribution < 1.29 is 4.79 Å². The molecule has 0 bridgehead atoms. The zero-order valence-corrected chi connectivity index (χ0v) is 10.7. The lowest BCUT2D eigenvalue weighted by Crippen LogP contribution is -2.26. The summed E-state index contributed by atoms with van der Waals surface area (Å²) in [6.07, 6.45) is 5.74. The van der Waals surface area contributed by atoms with Gasteiger partial charge in [0.2, 0.25) is 5.91 Å². The van der Waals surface area contributed by atoms with Gasteiger partial charge in [0, 0.05) is 19.5 Å². The van der Waals surface area contributed by atoms with Crippen LogP contribution in [0.2, 0.25) is 0 Å².